The average Bonchev–Trinajstić information content (AvgIpc) is 3.55. The van der Waals surface area contributed by atoms with Crippen LogP contribution in [0.5, 0.6) is 0 Å². The van der Waals surface area contributed by atoms with Crippen LogP contribution >= 0.6 is 0 Å². The number of aromatic nitrogens is 4. The molecule has 3 aliphatic heterocycles. The number of rotatable bonds is 4. The van der Waals surface area contributed by atoms with Gasteiger partial charge in [-0.05, 0) is 48.4 Å². The molecule has 9 nitrogen and oxygen atoms in total. The number of carbonyl (C=O) groups is 1. The number of nitrogens with zero attached hydrogens (tertiary/aromatic N) is 6. The fraction of sp³-hybridized carbons (Fsp3) is 0.536. The van der Waals surface area contributed by atoms with Crippen LogP contribution in [-0.2, 0) is 31.2 Å². The molecule has 0 radical (unpaired) electrons. The van der Waals surface area contributed by atoms with Crippen LogP contribution in [0, 0.1) is 5.92 Å². The summed E-state index contributed by atoms with van der Waals surface area (Å²) < 4.78 is 38.3. The minimum atomic E-state index is -2.64. The van der Waals surface area contributed by atoms with Gasteiger partial charge in [-0.2, -0.15) is 10.2 Å². The maximum absolute atomic E-state index is 14.5. The second-order valence-electron chi connectivity index (χ2n) is 11.0. The number of hydrogen-bond donors (Lipinski definition) is 1. The van der Waals surface area contributed by atoms with Gasteiger partial charge in [-0.25, -0.2) is 13.6 Å². The smallest absolute Gasteiger partial charge is 0.317 e. The van der Waals surface area contributed by atoms with Gasteiger partial charge in [0, 0.05) is 81.1 Å². The van der Waals surface area contributed by atoms with Crippen LogP contribution < -0.4 is 10.2 Å². The van der Waals surface area contributed by atoms with Gasteiger partial charge in [0.25, 0.3) is 6.43 Å². The van der Waals surface area contributed by atoms with Gasteiger partial charge in [0.05, 0.1) is 18.8 Å². The van der Waals surface area contributed by atoms with Crippen LogP contribution in [0.3, 0.4) is 0 Å². The van der Waals surface area contributed by atoms with Gasteiger partial charge in [-0.15, -0.1) is 0 Å². The van der Waals surface area contributed by atoms with Crippen LogP contribution in [0.4, 0.5) is 25.1 Å². The molecule has 2 amide bonds. The number of carbonyl (C=O) groups excluding carboxylic acids is 1. The highest BCUT2D eigenvalue weighted by Gasteiger charge is 2.35. The molecule has 3 aromatic rings. The number of fused-ring (bicyclic) bond motifs is 2. The molecule has 0 spiro atoms. The van der Waals surface area contributed by atoms with E-state index in [1.54, 1.807) is 42.1 Å². The molecule has 0 saturated carbocycles. The Bertz CT molecular complexity index is 1380. The van der Waals surface area contributed by atoms with E-state index in [0.29, 0.717) is 56.3 Å². The van der Waals surface area contributed by atoms with Gasteiger partial charge in [-0.3, -0.25) is 9.36 Å². The Morgan fingerprint density at radius 3 is 2.72 bits per heavy atom. The monoisotopic (exact) mass is 539 g/mol. The van der Waals surface area contributed by atoms with Crippen LogP contribution in [-0.4, -0.2) is 63.8 Å². The van der Waals surface area contributed by atoms with Gasteiger partial charge >= 0.3 is 6.03 Å². The highest BCUT2D eigenvalue weighted by Crippen LogP contribution is 2.44. The van der Waals surface area contributed by atoms with Crippen molar-refractivity contribution in [1.29, 1.82) is 0 Å². The Morgan fingerprint density at radius 1 is 1.23 bits per heavy atom. The summed E-state index contributed by atoms with van der Waals surface area (Å²) in [6, 6.07) is 3.65. The minimum absolute atomic E-state index is 0.00831. The topological polar surface area (TPSA) is 80.5 Å². The third-order valence-electron chi connectivity index (χ3n) is 8.21. The maximum Gasteiger partial charge on any atom is 0.317 e. The molecule has 1 fully saturated rings. The van der Waals surface area contributed by atoms with E-state index in [1.165, 1.54) is 0 Å². The molecule has 1 saturated heterocycles. The molecule has 0 bridgehead atoms. The predicted molar refractivity (Wildman–Crippen MR) is 143 cm³/mol. The summed E-state index contributed by atoms with van der Waals surface area (Å²) in [7, 11) is 3.42. The highest BCUT2D eigenvalue weighted by atomic mass is 19.3. The molecule has 1 atom stereocenters. The van der Waals surface area contributed by atoms with Crippen molar-refractivity contribution in [2.24, 2.45) is 13.0 Å². The molecule has 0 aliphatic carbocycles. The van der Waals surface area contributed by atoms with E-state index in [2.05, 4.69) is 26.9 Å². The Balaban J connectivity index is 1.49. The van der Waals surface area contributed by atoms with Crippen LogP contribution in [0.1, 0.15) is 54.6 Å². The normalized spacial score (nSPS) is 19.8. The number of ether oxygens (including phenoxy) is 1. The lowest BCUT2D eigenvalue weighted by atomic mass is 9.89. The standard InChI is InChI=1S/C28H35F2N7O2/c1-17-10-18-11-21(19-13-32-34(3)15-19)22(26(29)30)12-25(18)36(14-17)27-23-16-35(28(38)31-2)7-4-24(23)37(33-27)20-5-8-39-9-6-20/h11-13,15,17,20,26H,4-10,14,16H2,1-3H3,(H,31,38). The number of nitrogens with one attached hydrogen (secondary N) is 1. The number of halogens is 2. The average molecular weight is 540 g/mol. The summed E-state index contributed by atoms with van der Waals surface area (Å²) in [5, 5.41) is 12.1. The zero-order valence-electron chi connectivity index (χ0n) is 22.7. The summed E-state index contributed by atoms with van der Waals surface area (Å²) in [6.45, 7) is 5.27. The van der Waals surface area contributed by atoms with Gasteiger partial charge in [-0.1, -0.05) is 6.92 Å². The van der Waals surface area contributed by atoms with Crippen molar-refractivity contribution in [3.63, 3.8) is 0 Å². The molecule has 208 valence electrons. The number of urea groups is 1. The van der Waals surface area contributed by atoms with Crippen molar-refractivity contribution in [2.45, 2.75) is 51.6 Å². The number of amides is 2. The van der Waals surface area contributed by atoms with Crippen molar-refractivity contribution in [2.75, 3.05) is 38.3 Å². The summed E-state index contributed by atoms with van der Waals surface area (Å²) in [6.07, 6.45) is 4.02. The molecule has 11 heteroatoms. The van der Waals surface area contributed by atoms with Crippen molar-refractivity contribution in [1.82, 2.24) is 29.8 Å². The van der Waals surface area contributed by atoms with E-state index in [4.69, 9.17) is 9.84 Å². The Hall–Kier alpha value is -3.47. The van der Waals surface area contributed by atoms with Gasteiger partial charge < -0.3 is 19.9 Å². The van der Waals surface area contributed by atoms with Crippen molar-refractivity contribution >= 4 is 17.5 Å². The highest BCUT2D eigenvalue weighted by molar-refractivity contribution is 5.78. The fourth-order valence-electron chi connectivity index (χ4n) is 6.31. The zero-order chi connectivity index (χ0) is 27.3. The Morgan fingerprint density at radius 2 is 2.03 bits per heavy atom. The third-order valence-corrected chi connectivity index (χ3v) is 8.21. The number of hydrogen-bond acceptors (Lipinski definition) is 5. The van der Waals surface area contributed by atoms with Crippen molar-refractivity contribution < 1.29 is 18.3 Å². The maximum atomic E-state index is 14.5. The molecule has 1 unspecified atom stereocenters. The SMILES string of the molecule is CNC(=O)N1CCc2c(c(N3CC(C)Cc4cc(-c5cnn(C)c5)c(C(F)F)cc43)nn2C2CCOCC2)C1. The second-order valence-corrected chi connectivity index (χ2v) is 11.0. The number of anilines is 2. The Kier molecular flexibility index (Phi) is 6.78. The molecular weight excluding hydrogens is 504 g/mol. The van der Waals surface area contributed by atoms with Gasteiger partial charge in [0.2, 0.25) is 0 Å². The quantitative estimate of drug-likeness (QED) is 0.524. The summed E-state index contributed by atoms with van der Waals surface area (Å²) in [5.74, 6) is 1.06. The van der Waals surface area contributed by atoms with E-state index in [1.807, 2.05) is 6.07 Å². The molecule has 3 aliphatic rings. The van der Waals surface area contributed by atoms with E-state index in [-0.39, 0.29) is 17.6 Å². The Labute approximate surface area is 226 Å². The lowest BCUT2D eigenvalue weighted by Crippen LogP contribution is -2.42. The fourth-order valence-corrected chi connectivity index (χ4v) is 6.31. The van der Waals surface area contributed by atoms with E-state index < -0.39 is 6.43 Å². The molecule has 2 aromatic heterocycles. The lowest BCUT2D eigenvalue weighted by molar-refractivity contribution is 0.0651. The number of alkyl halides is 2. The predicted octanol–water partition coefficient (Wildman–Crippen LogP) is 4.60. The molecule has 6 rings (SSSR count). The van der Waals surface area contributed by atoms with Crippen molar-refractivity contribution in [3.05, 3.63) is 46.9 Å². The van der Waals surface area contributed by atoms with E-state index in [9.17, 15) is 13.6 Å². The first-order chi connectivity index (χ1) is 18.8. The molecule has 1 aromatic carbocycles. The third kappa shape index (κ3) is 4.66. The van der Waals surface area contributed by atoms with Crippen LogP contribution in [0.15, 0.2) is 24.5 Å². The number of aryl methyl sites for hydroxylation is 1. The first-order valence-electron chi connectivity index (χ1n) is 13.7. The summed E-state index contributed by atoms with van der Waals surface area (Å²) in [4.78, 5) is 16.5. The van der Waals surface area contributed by atoms with Crippen LogP contribution in [0.2, 0.25) is 0 Å². The zero-order valence-corrected chi connectivity index (χ0v) is 22.7. The first-order valence-corrected chi connectivity index (χ1v) is 13.7. The van der Waals surface area contributed by atoms with Crippen molar-refractivity contribution in [3.8, 4) is 11.1 Å². The largest absolute Gasteiger partial charge is 0.381 e. The summed E-state index contributed by atoms with van der Waals surface area (Å²) in [5.41, 5.74) is 5.13. The second kappa shape index (κ2) is 10.3. The molecule has 1 N–H and O–H groups in total. The lowest BCUT2D eigenvalue weighted by Gasteiger charge is -2.36. The molecule has 39 heavy (non-hydrogen) atoms. The van der Waals surface area contributed by atoms with Gasteiger partial charge in [0.15, 0.2) is 5.82 Å². The van der Waals surface area contributed by atoms with Gasteiger partial charge in [0.1, 0.15) is 0 Å². The summed E-state index contributed by atoms with van der Waals surface area (Å²) >= 11 is 0. The molecular formula is C28H35F2N7O2. The minimum Gasteiger partial charge on any atom is -0.381 e. The number of benzene rings is 1. The van der Waals surface area contributed by atoms with Crippen LogP contribution in [0.25, 0.3) is 11.1 Å². The van der Waals surface area contributed by atoms with E-state index in [0.717, 1.165) is 47.6 Å². The van der Waals surface area contributed by atoms with E-state index >= 15 is 0 Å². The molecule has 5 heterocycles. The first kappa shape index (κ1) is 25.8.